The molecule has 1 aromatic rings. The lowest BCUT2D eigenvalue weighted by atomic mass is 10.1. The highest BCUT2D eigenvalue weighted by Gasteiger charge is 2.11. The number of non-ortho nitro benzene ring substituents is 1. The van der Waals surface area contributed by atoms with Crippen LogP contribution < -0.4 is 0 Å². The Morgan fingerprint density at radius 3 is 2.79 bits per heavy atom. The first-order valence-corrected chi connectivity index (χ1v) is 4.11. The van der Waals surface area contributed by atoms with Gasteiger partial charge in [0.25, 0.3) is 5.69 Å². The summed E-state index contributed by atoms with van der Waals surface area (Å²) in [5, 5.41) is 19.4. The minimum Gasteiger partial charge on any atom is -0.393 e. The molecule has 1 atom stereocenters. The molecule has 14 heavy (non-hydrogen) atoms. The van der Waals surface area contributed by atoms with Crippen LogP contribution in [0.2, 0.25) is 0 Å². The average molecular weight is 199 g/mol. The van der Waals surface area contributed by atoms with Gasteiger partial charge in [0, 0.05) is 18.6 Å². The van der Waals surface area contributed by atoms with E-state index in [1.54, 1.807) is 0 Å². The summed E-state index contributed by atoms with van der Waals surface area (Å²) in [6, 6.07) is 3.28. The predicted octanol–water partition coefficient (Wildman–Crippen LogP) is 1.66. The maximum atomic E-state index is 13.1. The molecule has 1 aromatic carbocycles. The quantitative estimate of drug-likeness (QED) is 0.594. The van der Waals surface area contributed by atoms with E-state index in [1.165, 1.54) is 6.92 Å². The molecular formula is C9H10FNO3. The topological polar surface area (TPSA) is 63.4 Å². The van der Waals surface area contributed by atoms with Crippen LogP contribution in [0.5, 0.6) is 0 Å². The van der Waals surface area contributed by atoms with Crippen LogP contribution >= 0.6 is 0 Å². The molecule has 0 aliphatic rings. The zero-order valence-electron chi connectivity index (χ0n) is 7.61. The second-order valence-electron chi connectivity index (χ2n) is 3.09. The number of hydrogen-bond acceptors (Lipinski definition) is 3. The summed E-state index contributed by atoms with van der Waals surface area (Å²) in [6.45, 7) is 1.50. The second kappa shape index (κ2) is 4.15. The van der Waals surface area contributed by atoms with Crippen LogP contribution in [0.25, 0.3) is 0 Å². The minimum absolute atomic E-state index is 0.0769. The highest BCUT2D eigenvalue weighted by Crippen LogP contribution is 2.17. The van der Waals surface area contributed by atoms with Crippen molar-refractivity contribution in [3.05, 3.63) is 39.7 Å². The Labute approximate surface area is 80.1 Å². The first kappa shape index (κ1) is 10.6. The van der Waals surface area contributed by atoms with Crippen LogP contribution in [0.15, 0.2) is 18.2 Å². The van der Waals surface area contributed by atoms with E-state index in [4.69, 9.17) is 5.11 Å². The fourth-order valence-electron chi connectivity index (χ4n) is 1.15. The molecular weight excluding hydrogens is 189 g/mol. The van der Waals surface area contributed by atoms with Crippen LogP contribution in [0.4, 0.5) is 10.1 Å². The van der Waals surface area contributed by atoms with E-state index in [2.05, 4.69) is 0 Å². The zero-order valence-corrected chi connectivity index (χ0v) is 7.61. The lowest BCUT2D eigenvalue weighted by molar-refractivity contribution is -0.385. The van der Waals surface area contributed by atoms with Crippen molar-refractivity contribution >= 4 is 5.69 Å². The van der Waals surface area contributed by atoms with Gasteiger partial charge < -0.3 is 5.11 Å². The Morgan fingerprint density at radius 1 is 1.64 bits per heavy atom. The molecule has 0 radical (unpaired) electrons. The van der Waals surface area contributed by atoms with E-state index < -0.39 is 16.8 Å². The molecule has 5 heteroatoms. The van der Waals surface area contributed by atoms with Crippen LogP contribution in [-0.4, -0.2) is 16.1 Å². The van der Waals surface area contributed by atoms with Gasteiger partial charge in [-0.3, -0.25) is 10.1 Å². The number of benzene rings is 1. The van der Waals surface area contributed by atoms with Crippen molar-refractivity contribution in [3.63, 3.8) is 0 Å². The molecule has 0 saturated heterocycles. The van der Waals surface area contributed by atoms with Crippen molar-refractivity contribution in [1.29, 1.82) is 0 Å². The van der Waals surface area contributed by atoms with E-state index in [0.29, 0.717) is 0 Å². The minimum atomic E-state index is -0.716. The molecule has 0 aliphatic carbocycles. The molecule has 0 saturated carbocycles. The number of aliphatic hydroxyl groups is 1. The fourth-order valence-corrected chi connectivity index (χ4v) is 1.15. The second-order valence-corrected chi connectivity index (χ2v) is 3.09. The third kappa shape index (κ3) is 2.50. The average Bonchev–Trinajstić information content (AvgIpc) is 2.07. The summed E-state index contributed by atoms with van der Waals surface area (Å²) in [4.78, 5) is 9.78. The Balaban J connectivity index is 3.02. The van der Waals surface area contributed by atoms with E-state index in [9.17, 15) is 14.5 Å². The Kier molecular flexibility index (Phi) is 3.14. The van der Waals surface area contributed by atoms with E-state index >= 15 is 0 Å². The summed E-state index contributed by atoms with van der Waals surface area (Å²) >= 11 is 0. The SMILES string of the molecule is CC(O)Cc1cc([N+](=O)[O-])ccc1F. The van der Waals surface area contributed by atoms with Gasteiger partial charge in [0.15, 0.2) is 0 Å². The van der Waals surface area contributed by atoms with Crippen molar-refractivity contribution in [2.24, 2.45) is 0 Å². The van der Waals surface area contributed by atoms with E-state index in [-0.39, 0.29) is 17.7 Å². The van der Waals surface area contributed by atoms with E-state index in [0.717, 1.165) is 18.2 Å². The van der Waals surface area contributed by atoms with Crippen molar-refractivity contribution < 1.29 is 14.4 Å². The van der Waals surface area contributed by atoms with Gasteiger partial charge in [0.2, 0.25) is 0 Å². The Bertz CT molecular complexity index is 352. The molecule has 1 rings (SSSR count). The number of nitrogens with zero attached hydrogens (tertiary/aromatic N) is 1. The van der Waals surface area contributed by atoms with Crippen molar-refractivity contribution in [1.82, 2.24) is 0 Å². The highest BCUT2D eigenvalue weighted by atomic mass is 19.1. The highest BCUT2D eigenvalue weighted by molar-refractivity contribution is 5.35. The molecule has 0 amide bonds. The molecule has 0 bridgehead atoms. The fraction of sp³-hybridized carbons (Fsp3) is 0.333. The van der Waals surface area contributed by atoms with Gasteiger partial charge in [-0.15, -0.1) is 0 Å². The molecule has 4 nitrogen and oxygen atoms in total. The number of hydrogen-bond donors (Lipinski definition) is 1. The molecule has 1 unspecified atom stereocenters. The largest absolute Gasteiger partial charge is 0.393 e. The maximum absolute atomic E-state index is 13.1. The van der Waals surface area contributed by atoms with Gasteiger partial charge in [-0.05, 0) is 18.6 Å². The van der Waals surface area contributed by atoms with Gasteiger partial charge >= 0.3 is 0 Å². The van der Waals surface area contributed by atoms with Gasteiger partial charge in [-0.2, -0.15) is 0 Å². The lowest BCUT2D eigenvalue weighted by Gasteiger charge is -2.04. The zero-order chi connectivity index (χ0) is 10.7. The van der Waals surface area contributed by atoms with Crippen LogP contribution in [0, 0.1) is 15.9 Å². The first-order valence-electron chi connectivity index (χ1n) is 4.11. The summed E-state index contributed by atoms with van der Waals surface area (Å²) in [7, 11) is 0. The number of rotatable bonds is 3. The smallest absolute Gasteiger partial charge is 0.269 e. The van der Waals surface area contributed by atoms with Crippen LogP contribution in [-0.2, 0) is 6.42 Å². The third-order valence-electron chi connectivity index (χ3n) is 1.76. The standard InChI is InChI=1S/C9H10FNO3/c1-6(12)4-7-5-8(11(13)14)2-3-9(7)10/h2-3,5-6,12H,4H2,1H3. The molecule has 76 valence electrons. The predicted molar refractivity (Wildman–Crippen MR) is 48.4 cm³/mol. The number of halogens is 1. The Morgan fingerprint density at radius 2 is 2.29 bits per heavy atom. The molecule has 1 N–H and O–H groups in total. The summed E-state index contributed by atoms with van der Waals surface area (Å²) < 4.78 is 13.1. The summed E-state index contributed by atoms with van der Waals surface area (Å²) in [6.07, 6.45) is -0.639. The molecule has 0 heterocycles. The number of nitro groups is 1. The van der Waals surface area contributed by atoms with Gasteiger partial charge in [0.05, 0.1) is 11.0 Å². The van der Waals surface area contributed by atoms with Crippen LogP contribution in [0.1, 0.15) is 12.5 Å². The van der Waals surface area contributed by atoms with E-state index in [1.807, 2.05) is 0 Å². The molecule has 0 fully saturated rings. The van der Waals surface area contributed by atoms with Crippen molar-refractivity contribution in [3.8, 4) is 0 Å². The van der Waals surface area contributed by atoms with Crippen molar-refractivity contribution in [2.45, 2.75) is 19.4 Å². The summed E-state index contributed by atoms with van der Waals surface area (Å²) in [5.41, 5.74) is -0.00347. The Hall–Kier alpha value is -1.49. The maximum Gasteiger partial charge on any atom is 0.269 e. The third-order valence-corrected chi connectivity index (χ3v) is 1.76. The van der Waals surface area contributed by atoms with Gasteiger partial charge in [-0.25, -0.2) is 4.39 Å². The number of aliphatic hydroxyl groups excluding tert-OH is 1. The first-order chi connectivity index (χ1) is 6.50. The van der Waals surface area contributed by atoms with Gasteiger partial charge in [0.1, 0.15) is 5.82 Å². The van der Waals surface area contributed by atoms with Crippen molar-refractivity contribution in [2.75, 3.05) is 0 Å². The van der Waals surface area contributed by atoms with Gasteiger partial charge in [-0.1, -0.05) is 0 Å². The molecule has 0 aromatic heterocycles. The normalized spacial score (nSPS) is 12.5. The lowest BCUT2D eigenvalue weighted by Crippen LogP contribution is -2.06. The van der Waals surface area contributed by atoms with Crippen LogP contribution in [0.3, 0.4) is 0 Å². The molecule has 0 spiro atoms. The molecule has 0 aliphatic heterocycles. The summed E-state index contributed by atoms with van der Waals surface area (Å²) in [5.74, 6) is -0.531. The number of nitro benzene ring substituents is 1. The monoisotopic (exact) mass is 199 g/mol.